The van der Waals surface area contributed by atoms with Crippen LogP contribution in [0.5, 0.6) is 0 Å². The van der Waals surface area contributed by atoms with Crippen LogP contribution in [0.2, 0.25) is 0 Å². The third kappa shape index (κ3) is 3.57. The molecule has 1 aliphatic rings. The topological polar surface area (TPSA) is 65.7 Å². The van der Waals surface area contributed by atoms with E-state index in [9.17, 15) is 4.79 Å². The van der Waals surface area contributed by atoms with Gasteiger partial charge in [-0.3, -0.25) is 14.6 Å². The zero-order valence-electron chi connectivity index (χ0n) is 16.3. The number of hydrogen-bond donors (Lipinski definition) is 0. The van der Waals surface area contributed by atoms with Gasteiger partial charge in [0.25, 0.3) is 0 Å². The highest BCUT2D eigenvalue weighted by atomic mass is 16.4. The molecule has 1 amide bonds. The summed E-state index contributed by atoms with van der Waals surface area (Å²) >= 11 is 0. The van der Waals surface area contributed by atoms with E-state index in [0.29, 0.717) is 5.88 Å². The second-order valence-corrected chi connectivity index (χ2v) is 7.23. The molecule has 1 saturated heterocycles. The molecule has 1 atom stereocenters. The van der Waals surface area contributed by atoms with Gasteiger partial charge in [-0.05, 0) is 26.0 Å². The lowest BCUT2D eigenvalue weighted by Gasteiger charge is -2.37. The summed E-state index contributed by atoms with van der Waals surface area (Å²) in [5.41, 5.74) is 1.81. The summed E-state index contributed by atoms with van der Waals surface area (Å²) in [6, 6.07) is 9.73. The first-order chi connectivity index (χ1) is 13.7. The lowest BCUT2D eigenvalue weighted by atomic mass is 10.1. The molecule has 28 heavy (non-hydrogen) atoms. The quantitative estimate of drug-likeness (QED) is 0.614. The van der Waals surface area contributed by atoms with Gasteiger partial charge in [-0.25, -0.2) is 9.97 Å². The number of hydrogen-bond acceptors (Lipinski definition) is 6. The monoisotopic (exact) mass is 379 g/mol. The maximum absolute atomic E-state index is 11.9. The molecule has 0 spiro atoms. The van der Waals surface area contributed by atoms with Gasteiger partial charge in [-0.2, -0.15) is 0 Å². The molecule has 0 N–H and O–H groups in total. The van der Waals surface area contributed by atoms with Crippen molar-refractivity contribution in [3.05, 3.63) is 48.3 Å². The molecular formula is C21H25N5O2. The minimum absolute atomic E-state index is 0.0105. The Morgan fingerprint density at radius 1 is 1.14 bits per heavy atom. The number of aryl methyl sites for hydroxylation is 1. The van der Waals surface area contributed by atoms with E-state index in [0.717, 1.165) is 61.6 Å². The molecule has 3 heterocycles. The smallest absolute Gasteiger partial charge is 0.225 e. The van der Waals surface area contributed by atoms with Crippen molar-refractivity contribution in [2.75, 3.05) is 42.5 Å². The fourth-order valence-corrected chi connectivity index (χ4v) is 3.81. The number of benzene rings is 1. The summed E-state index contributed by atoms with van der Waals surface area (Å²) in [6.07, 6.45) is 4.42. The molecular weight excluding hydrogens is 354 g/mol. The molecule has 0 saturated carbocycles. The summed E-state index contributed by atoms with van der Waals surface area (Å²) in [5, 5.41) is 1.05. The Bertz CT molecular complexity index is 934. The molecule has 0 bridgehead atoms. The summed E-state index contributed by atoms with van der Waals surface area (Å²) in [7, 11) is 0. The number of piperazine rings is 1. The molecule has 146 valence electrons. The van der Waals surface area contributed by atoms with Crippen LogP contribution in [0.25, 0.3) is 11.0 Å². The van der Waals surface area contributed by atoms with Crippen LogP contribution in [0.1, 0.15) is 12.5 Å². The highest BCUT2D eigenvalue weighted by molar-refractivity contribution is 5.89. The average Bonchev–Trinajstić information content (AvgIpc) is 3.06. The average molecular weight is 379 g/mol. The number of amides is 1. The molecule has 1 aromatic carbocycles. The van der Waals surface area contributed by atoms with Gasteiger partial charge in [-0.1, -0.05) is 18.2 Å². The number of fused-ring (bicyclic) bond motifs is 1. The van der Waals surface area contributed by atoms with E-state index >= 15 is 0 Å². The van der Waals surface area contributed by atoms with Crippen LogP contribution in [0.3, 0.4) is 0 Å². The first kappa shape index (κ1) is 18.4. The molecule has 4 rings (SSSR count). The Hall–Kier alpha value is -2.93. The highest BCUT2D eigenvalue weighted by Gasteiger charge is 2.25. The van der Waals surface area contributed by atoms with Gasteiger partial charge in [0, 0.05) is 62.1 Å². The van der Waals surface area contributed by atoms with E-state index in [2.05, 4.69) is 26.7 Å². The third-order valence-electron chi connectivity index (χ3n) is 5.37. The number of anilines is 2. The van der Waals surface area contributed by atoms with Crippen molar-refractivity contribution >= 4 is 29.2 Å². The molecule has 0 aliphatic carbocycles. The van der Waals surface area contributed by atoms with Crippen molar-refractivity contribution in [1.82, 2.24) is 14.9 Å². The number of para-hydroxylation sites is 1. The maximum Gasteiger partial charge on any atom is 0.225 e. The van der Waals surface area contributed by atoms with Gasteiger partial charge >= 0.3 is 0 Å². The van der Waals surface area contributed by atoms with Crippen molar-refractivity contribution in [2.24, 2.45) is 0 Å². The summed E-state index contributed by atoms with van der Waals surface area (Å²) < 4.78 is 5.99. The molecule has 2 aromatic heterocycles. The third-order valence-corrected chi connectivity index (χ3v) is 5.37. The van der Waals surface area contributed by atoms with Crippen molar-refractivity contribution in [1.29, 1.82) is 0 Å². The van der Waals surface area contributed by atoms with E-state index in [-0.39, 0.29) is 6.04 Å². The van der Waals surface area contributed by atoms with Crippen LogP contribution in [0, 0.1) is 6.92 Å². The van der Waals surface area contributed by atoms with E-state index in [4.69, 9.17) is 4.42 Å². The van der Waals surface area contributed by atoms with Crippen molar-refractivity contribution in [3.8, 4) is 0 Å². The molecule has 7 heteroatoms. The van der Waals surface area contributed by atoms with Gasteiger partial charge in [0.2, 0.25) is 18.2 Å². The van der Waals surface area contributed by atoms with Gasteiger partial charge in [0.15, 0.2) is 0 Å². The summed E-state index contributed by atoms with van der Waals surface area (Å²) in [6.45, 7) is 8.43. The minimum Gasteiger partial charge on any atom is -0.440 e. The van der Waals surface area contributed by atoms with E-state index in [1.165, 1.54) is 0 Å². The molecule has 1 aliphatic heterocycles. The zero-order chi connectivity index (χ0) is 19.5. The number of aromatic nitrogens is 2. The van der Waals surface area contributed by atoms with Crippen LogP contribution >= 0.6 is 0 Å². The fourth-order valence-electron chi connectivity index (χ4n) is 3.81. The SMILES string of the molecule is Cc1c(N(C=O)C(C)CN2CCN(c3ncccn3)CC2)oc2ccccc12. The standard InChI is InChI=1S/C21H25N5O2/c1-16(14-24-10-12-25(13-11-24)21-22-8-5-9-23-21)26(15-27)20-17(2)18-6-3-4-7-19(18)28-20/h3-9,15-16H,10-14H2,1-2H3. The van der Waals surface area contributed by atoms with Crippen LogP contribution in [0.4, 0.5) is 11.8 Å². The Morgan fingerprint density at radius 2 is 1.86 bits per heavy atom. The molecule has 3 aromatic rings. The van der Waals surface area contributed by atoms with Gasteiger partial charge in [0.05, 0.1) is 0 Å². The first-order valence-corrected chi connectivity index (χ1v) is 9.63. The van der Waals surface area contributed by atoms with Crippen LogP contribution < -0.4 is 9.80 Å². The van der Waals surface area contributed by atoms with Crippen molar-refractivity contribution in [3.63, 3.8) is 0 Å². The van der Waals surface area contributed by atoms with E-state index in [1.807, 2.05) is 37.3 Å². The molecule has 0 radical (unpaired) electrons. The number of nitrogens with zero attached hydrogens (tertiary/aromatic N) is 5. The lowest BCUT2D eigenvalue weighted by molar-refractivity contribution is -0.108. The summed E-state index contributed by atoms with van der Waals surface area (Å²) in [5.74, 6) is 1.42. The van der Waals surface area contributed by atoms with Crippen LogP contribution in [-0.4, -0.2) is 60.0 Å². The molecule has 1 fully saturated rings. The second kappa shape index (κ2) is 7.98. The van der Waals surface area contributed by atoms with Crippen molar-refractivity contribution in [2.45, 2.75) is 19.9 Å². The largest absolute Gasteiger partial charge is 0.440 e. The second-order valence-electron chi connectivity index (χ2n) is 7.23. The Labute approximate surface area is 164 Å². The van der Waals surface area contributed by atoms with Crippen molar-refractivity contribution < 1.29 is 9.21 Å². The number of rotatable bonds is 6. The van der Waals surface area contributed by atoms with Gasteiger partial charge in [-0.15, -0.1) is 0 Å². The predicted octanol–water partition coefficient (Wildman–Crippen LogP) is 2.70. The Kier molecular flexibility index (Phi) is 5.25. The van der Waals surface area contributed by atoms with E-state index in [1.54, 1.807) is 17.3 Å². The number of carbonyl (C=O) groups is 1. The number of carbonyl (C=O) groups excluding carboxylic acids is 1. The predicted molar refractivity (Wildman–Crippen MR) is 110 cm³/mol. The highest BCUT2D eigenvalue weighted by Crippen LogP contribution is 2.32. The van der Waals surface area contributed by atoms with E-state index < -0.39 is 0 Å². The van der Waals surface area contributed by atoms with Gasteiger partial charge < -0.3 is 9.32 Å². The van der Waals surface area contributed by atoms with Crippen LogP contribution in [-0.2, 0) is 4.79 Å². The molecule has 7 nitrogen and oxygen atoms in total. The summed E-state index contributed by atoms with van der Waals surface area (Å²) in [4.78, 5) is 26.8. The minimum atomic E-state index is 0.0105. The number of furan rings is 1. The molecule has 1 unspecified atom stereocenters. The fraction of sp³-hybridized carbons (Fsp3) is 0.381. The zero-order valence-corrected chi connectivity index (χ0v) is 16.3. The Morgan fingerprint density at radius 3 is 2.54 bits per heavy atom. The Balaban J connectivity index is 1.41. The maximum atomic E-state index is 11.9. The van der Waals surface area contributed by atoms with Crippen LogP contribution in [0.15, 0.2) is 47.1 Å². The lowest BCUT2D eigenvalue weighted by Crippen LogP contribution is -2.51. The van der Waals surface area contributed by atoms with Gasteiger partial charge in [0.1, 0.15) is 5.58 Å². The normalized spacial score (nSPS) is 16.3. The first-order valence-electron chi connectivity index (χ1n) is 9.63.